The van der Waals surface area contributed by atoms with Gasteiger partial charge in [0.05, 0.1) is 6.61 Å². The van der Waals surface area contributed by atoms with E-state index in [9.17, 15) is 0 Å². The van der Waals surface area contributed by atoms with E-state index in [1.54, 1.807) is 0 Å². The van der Waals surface area contributed by atoms with Gasteiger partial charge in [-0.15, -0.1) is 12.4 Å². The summed E-state index contributed by atoms with van der Waals surface area (Å²) >= 11 is 0. The molecule has 0 aliphatic heterocycles. The Balaban J connectivity index is 0.00000144. The molecule has 1 saturated carbocycles. The minimum Gasteiger partial charge on any atom is -0.380 e. The van der Waals surface area contributed by atoms with E-state index in [4.69, 9.17) is 4.74 Å². The van der Waals surface area contributed by atoms with Gasteiger partial charge in [-0.05, 0) is 31.2 Å². The van der Waals surface area contributed by atoms with Crippen LogP contribution in [-0.2, 0) is 11.3 Å². The summed E-state index contributed by atoms with van der Waals surface area (Å²) in [7, 11) is 0. The van der Waals surface area contributed by atoms with E-state index in [1.165, 1.54) is 24.0 Å². The molecule has 1 aliphatic rings. The highest BCUT2D eigenvalue weighted by atomic mass is 35.5. The number of hydrogen-bond donors (Lipinski definition) is 1. The van der Waals surface area contributed by atoms with Crippen molar-refractivity contribution in [1.82, 2.24) is 5.32 Å². The topological polar surface area (TPSA) is 21.3 Å². The Bertz CT molecular complexity index is 309. The third-order valence-electron chi connectivity index (χ3n) is 2.92. The highest BCUT2D eigenvalue weighted by molar-refractivity contribution is 5.85. The SMILES string of the molecule is Cc1ccc(CNCCOCC2CC2)cc1.Cl. The molecule has 1 aromatic rings. The van der Waals surface area contributed by atoms with Gasteiger partial charge in [-0.2, -0.15) is 0 Å². The molecule has 0 saturated heterocycles. The molecule has 17 heavy (non-hydrogen) atoms. The Morgan fingerprint density at radius 3 is 2.59 bits per heavy atom. The third kappa shape index (κ3) is 6.06. The van der Waals surface area contributed by atoms with Crippen LogP contribution >= 0.6 is 12.4 Å². The van der Waals surface area contributed by atoms with Crippen molar-refractivity contribution in [3.8, 4) is 0 Å². The summed E-state index contributed by atoms with van der Waals surface area (Å²) in [5.41, 5.74) is 2.66. The quantitative estimate of drug-likeness (QED) is 0.757. The molecular formula is C14H22ClNO. The monoisotopic (exact) mass is 255 g/mol. The molecule has 0 heterocycles. The normalized spacial score (nSPS) is 14.4. The Hall–Kier alpha value is -0.570. The molecule has 0 unspecified atom stereocenters. The second-order valence-electron chi connectivity index (χ2n) is 4.68. The average Bonchev–Trinajstić information content (AvgIpc) is 3.10. The number of hydrogen-bond acceptors (Lipinski definition) is 2. The summed E-state index contributed by atoms with van der Waals surface area (Å²) in [4.78, 5) is 0. The summed E-state index contributed by atoms with van der Waals surface area (Å²) < 4.78 is 5.55. The van der Waals surface area contributed by atoms with Crippen LogP contribution in [0.5, 0.6) is 0 Å². The van der Waals surface area contributed by atoms with Crippen LogP contribution in [0, 0.1) is 12.8 Å². The second-order valence-corrected chi connectivity index (χ2v) is 4.68. The van der Waals surface area contributed by atoms with E-state index in [2.05, 4.69) is 36.5 Å². The molecule has 0 aromatic heterocycles. The van der Waals surface area contributed by atoms with Crippen molar-refractivity contribution in [3.63, 3.8) is 0 Å². The number of rotatable bonds is 7. The first kappa shape index (κ1) is 14.5. The summed E-state index contributed by atoms with van der Waals surface area (Å²) in [6, 6.07) is 8.65. The van der Waals surface area contributed by atoms with Gasteiger partial charge < -0.3 is 10.1 Å². The van der Waals surface area contributed by atoms with Gasteiger partial charge in [0.1, 0.15) is 0 Å². The fraction of sp³-hybridized carbons (Fsp3) is 0.571. The van der Waals surface area contributed by atoms with Crippen molar-refractivity contribution < 1.29 is 4.74 Å². The molecule has 3 heteroatoms. The van der Waals surface area contributed by atoms with Gasteiger partial charge in [0.15, 0.2) is 0 Å². The molecule has 0 spiro atoms. The molecule has 96 valence electrons. The smallest absolute Gasteiger partial charge is 0.0591 e. The van der Waals surface area contributed by atoms with Gasteiger partial charge >= 0.3 is 0 Å². The van der Waals surface area contributed by atoms with Crippen molar-refractivity contribution in [2.45, 2.75) is 26.3 Å². The average molecular weight is 256 g/mol. The lowest BCUT2D eigenvalue weighted by molar-refractivity contribution is 0.126. The highest BCUT2D eigenvalue weighted by Gasteiger charge is 2.20. The van der Waals surface area contributed by atoms with Gasteiger partial charge in [0.2, 0.25) is 0 Å². The lowest BCUT2D eigenvalue weighted by atomic mass is 10.1. The van der Waals surface area contributed by atoms with E-state index in [0.29, 0.717) is 0 Å². The van der Waals surface area contributed by atoms with Crippen LogP contribution < -0.4 is 5.32 Å². The first-order chi connectivity index (χ1) is 7.84. The van der Waals surface area contributed by atoms with Crippen LogP contribution in [0.25, 0.3) is 0 Å². The molecule has 1 N–H and O–H groups in total. The van der Waals surface area contributed by atoms with E-state index >= 15 is 0 Å². The Morgan fingerprint density at radius 2 is 1.94 bits per heavy atom. The molecule has 0 radical (unpaired) electrons. The number of ether oxygens (including phenoxy) is 1. The molecule has 0 bridgehead atoms. The maximum Gasteiger partial charge on any atom is 0.0591 e. The van der Waals surface area contributed by atoms with Crippen molar-refractivity contribution in [2.24, 2.45) is 5.92 Å². The summed E-state index contributed by atoms with van der Waals surface area (Å²) in [5.74, 6) is 0.872. The number of aryl methyl sites for hydroxylation is 1. The zero-order valence-electron chi connectivity index (χ0n) is 10.4. The van der Waals surface area contributed by atoms with E-state index in [-0.39, 0.29) is 12.4 Å². The van der Waals surface area contributed by atoms with Crippen molar-refractivity contribution in [2.75, 3.05) is 19.8 Å². The first-order valence-electron chi connectivity index (χ1n) is 6.18. The van der Waals surface area contributed by atoms with Crippen molar-refractivity contribution in [1.29, 1.82) is 0 Å². The molecular weight excluding hydrogens is 234 g/mol. The number of nitrogens with one attached hydrogen (secondary N) is 1. The van der Waals surface area contributed by atoms with Crippen LogP contribution in [0.3, 0.4) is 0 Å². The van der Waals surface area contributed by atoms with Gasteiger partial charge in [0.25, 0.3) is 0 Å². The zero-order valence-corrected chi connectivity index (χ0v) is 11.3. The zero-order chi connectivity index (χ0) is 11.2. The molecule has 0 atom stereocenters. The van der Waals surface area contributed by atoms with E-state index in [1.807, 2.05) is 0 Å². The predicted octanol–water partition coefficient (Wildman–Crippen LogP) is 2.93. The lowest BCUT2D eigenvalue weighted by Crippen LogP contribution is -2.19. The van der Waals surface area contributed by atoms with Crippen LogP contribution in [-0.4, -0.2) is 19.8 Å². The second kappa shape index (κ2) is 7.70. The summed E-state index contributed by atoms with van der Waals surface area (Å²) in [6.07, 6.45) is 2.74. The van der Waals surface area contributed by atoms with E-state index < -0.39 is 0 Å². The Kier molecular flexibility index (Phi) is 6.56. The minimum atomic E-state index is 0. The van der Waals surface area contributed by atoms with Crippen LogP contribution in [0.2, 0.25) is 0 Å². The molecule has 1 aliphatic carbocycles. The van der Waals surface area contributed by atoms with Crippen LogP contribution in [0.15, 0.2) is 24.3 Å². The number of benzene rings is 1. The van der Waals surface area contributed by atoms with Crippen molar-refractivity contribution >= 4 is 12.4 Å². The minimum absolute atomic E-state index is 0. The predicted molar refractivity (Wildman–Crippen MR) is 73.7 cm³/mol. The van der Waals surface area contributed by atoms with Gasteiger partial charge in [-0.3, -0.25) is 0 Å². The molecule has 1 fully saturated rings. The first-order valence-corrected chi connectivity index (χ1v) is 6.18. The van der Waals surface area contributed by atoms with Gasteiger partial charge in [-0.25, -0.2) is 0 Å². The molecule has 2 nitrogen and oxygen atoms in total. The maximum absolute atomic E-state index is 5.55. The van der Waals surface area contributed by atoms with Crippen LogP contribution in [0.4, 0.5) is 0 Å². The van der Waals surface area contributed by atoms with Crippen LogP contribution in [0.1, 0.15) is 24.0 Å². The van der Waals surface area contributed by atoms with E-state index in [0.717, 1.165) is 32.2 Å². The summed E-state index contributed by atoms with van der Waals surface area (Å²) in [6.45, 7) is 5.80. The standard InChI is InChI=1S/C14H21NO.ClH/c1-12-2-4-13(5-3-12)10-15-8-9-16-11-14-6-7-14;/h2-5,14-15H,6-11H2,1H3;1H. The highest BCUT2D eigenvalue weighted by Crippen LogP contribution is 2.28. The summed E-state index contributed by atoms with van der Waals surface area (Å²) in [5, 5.41) is 3.39. The lowest BCUT2D eigenvalue weighted by Gasteiger charge is -2.06. The fourth-order valence-corrected chi connectivity index (χ4v) is 1.62. The Morgan fingerprint density at radius 1 is 1.24 bits per heavy atom. The Labute approximate surface area is 110 Å². The fourth-order valence-electron chi connectivity index (χ4n) is 1.62. The molecule has 2 rings (SSSR count). The molecule has 0 amide bonds. The third-order valence-corrected chi connectivity index (χ3v) is 2.92. The van der Waals surface area contributed by atoms with Gasteiger partial charge in [0, 0.05) is 19.7 Å². The molecule has 1 aromatic carbocycles. The maximum atomic E-state index is 5.55. The van der Waals surface area contributed by atoms with Crippen molar-refractivity contribution in [3.05, 3.63) is 35.4 Å². The van der Waals surface area contributed by atoms with Gasteiger partial charge in [-0.1, -0.05) is 29.8 Å². The number of halogens is 1. The largest absolute Gasteiger partial charge is 0.380 e.